The average molecular weight is 540 g/mol. The van der Waals surface area contributed by atoms with Crippen LogP contribution in [0.25, 0.3) is 0 Å². The number of aromatic nitrogens is 2. The molecule has 2 aliphatic rings. The molecule has 0 saturated carbocycles. The first kappa shape index (κ1) is 27.1. The van der Waals surface area contributed by atoms with Crippen molar-refractivity contribution in [1.29, 1.82) is 0 Å². The standard InChI is InChI=1S/C31H33N5O4/c37-28-25-10-4-5-11-27(25)40-19-7-6-13-31(14-17-36(18-15-31)29(38)26-12-16-32-22-34-26)30(39)35-24(21-33-28)20-23-8-2-1-3-9-23/h1-12,16,22,24H,13-15,17-21H2,(H,33,37)(H,35,39)/b7-6+/t24-/m1/s1. The Morgan fingerprint density at radius 2 is 1.77 bits per heavy atom. The number of piperidine rings is 1. The number of hydrogen-bond acceptors (Lipinski definition) is 6. The normalized spacial score (nSPS) is 20.3. The van der Waals surface area contributed by atoms with Crippen molar-refractivity contribution in [3.63, 3.8) is 0 Å². The summed E-state index contributed by atoms with van der Waals surface area (Å²) in [6.45, 7) is 1.41. The summed E-state index contributed by atoms with van der Waals surface area (Å²) in [5.41, 5.74) is 1.17. The molecule has 0 bridgehead atoms. The molecule has 1 aromatic heterocycles. The van der Waals surface area contributed by atoms with Gasteiger partial charge in [-0.05, 0) is 49.4 Å². The lowest BCUT2D eigenvalue weighted by atomic mass is 9.74. The Morgan fingerprint density at radius 3 is 2.55 bits per heavy atom. The van der Waals surface area contributed by atoms with Gasteiger partial charge in [-0.1, -0.05) is 54.6 Å². The Bertz CT molecular complexity index is 1350. The van der Waals surface area contributed by atoms with Crippen molar-refractivity contribution >= 4 is 17.7 Å². The molecule has 9 heteroatoms. The van der Waals surface area contributed by atoms with Crippen molar-refractivity contribution in [2.75, 3.05) is 26.2 Å². The van der Waals surface area contributed by atoms with Gasteiger partial charge in [-0.15, -0.1) is 0 Å². The highest BCUT2D eigenvalue weighted by molar-refractivity contribution is 5.97. The van der Waals surface area contributed by atoms with Crippen LogP contribution >= 0.6 is 0 Å². The number of nitrogens with one attached hydrogen (secondary N) is 2. The summed E-state index contributed by atoms with van der Waals surface area (Å²) in [7, 11) is 0. The van der Waals surface area contributed by atoms with Crippen molar-refractivity contribution in [3.8, 4) is 5.75 Å². The Balaban J connectivity index is 1.38. The zero-order valence-corrected chi connectivity index (χ0v) is 22.3. The maximum atomic E-state index is 14.0. The zero-order chi connectivity index (χ0) is 27.8. The second-order valence-electron chi connectivity index (χ2n) is 10.2. The van der Waals surface area contributed by atoms with Gasteiger partial charge < -0.3 is 20.3 Å². The molecule has 0 aliphatic carbocycles. The first-order valence-corrected chi connectivity index (χ1v) is 13.6. The number of carbonyl (C=O) groups is 3. The van der Waals surface area contributed by atoms with E-state index in [2.05, 4.69) is 20.6 Å². The van der Waals surface area contributed by atoms with Crippen LogP contribution in [0.2, 0.25) is 0 Å². The van der Waals surface area contributed by atoms with Crippen molar-refractivity contribution < 1.29 is 19.1 Å². The van der Waals surface area contributed by atoms with E-state index in [0.717, 1.165) is 5.56 Å². The number of allylic oxidation sites excluding steroid dienone is 1. The third-order valence-corrected chi connectivity index (χ3v) is 7.60. The van der Waals surface area contributed by atoms with E-state index in [1.807, 2.05) is 48.6 Å². The second kappa shape index (κ2) is 12.5. The second-order valence-corrected chi connectivity index (χ2v) is 10.2. The van der Waals surface area contributed by atoms with E-state index in [-0.39, 0.29) is 36.9 Å². The molecule has 0 unspecified atom stereocenters. The molecule has 1 fully saturated rings. The third-order valence-electron chi connectivity index (χ3n) is 7.60. The molecular weight excluding hydrogens is 506 g/mol. The van der Waals surface area contributed by atoms with Crippen LogP contribution < -0.4 is 15.4 Å². The molecular formula is C31H33N5O4. The molecule has 0 radical (unpaired) electrons. The number of carbonyl (C=O) groups excluding carboxylic acids is 3. The first-order chi connectivity index (χ1) is 19.5. The van der Waals surface area contributed by atoms with E-state index in [1.165, 1.54) is 6.33 Å². The van der Waals surface area contributed by atoms with Gasteiger partial charge in [0.25, 0.3) is 11.8 Å². The first-order valence-electron chi connectivity index (χ1n) is 13.6. The molecule has 2 aromatic carbocycles. The summed E-state index contributed by atoms with van der Waals surface area (Å²) in [6.07, 6.45) is 8.87. The molecule has 1 atom stereocenters. The van der Waals surface area contributed by atoms with Crippen molar-refractivity contribution in [2.24, 2.45) is 5.41 Å². The van der Waals surface area contributed by atoms with Crippen LogP contribution in [0.4, 0.5) is 0 Å². The zero-order valence-electron chi connectivity index (χ0n) is 22.3. The number of nitrogens with zero attached hydrogens (tertiary/aromatic N) is 3. The molecule has 9 nitrogen and oxygen atoms in total. The summed E-state index contributed by atoms with van der Waals surface area (Å²) in [5, 5.41) is 6.26. The number of benzene rings is 2. The molecule has 40 heavy (non-hydrogen) atoms. The number of amides is 3. The van der Waals surface area contributed by atoms with E-state index in [1.54, 1.807) is 35.4 Å². The van der Waals surface area contributed by atoms with Gasteiger partial charge in [-0.2, -0.15) is 0 Å². The maximum Gasteiger partial charge on any atom is 0.272 e. The van der Waals surface area contributed by atoms with Gasteiger partial charge in [-0.3, -0.25) is 14.4 Å². The molecule has 3 heterocycles. The van der Waals surface area contributed by atoms with E-state index < -0.39 is 5.41 Å². The molecule has 5 rings (SSSR count). The Hall–Kier alpha value is -4.53. The number of likely N-dealkylation sites (tertiary alicyclic amines) is 1. The highest BCUT2D eigenvalue weighted by Crippen LogP contribution is 2.36. The number of fused-ring (bicyclic) bond motifs is 1. The molecule has 1 saturated heterocycles. The lowest BCUT2D eigenvalue weighted by Gasteiger charge is -2.41. The van der Waals surface area contributed by atoms with Crippen molar-refractivity contribution in [2.45, 2.75) is 31.7 Å². The summed E-state index contributed by atoms with van der Waals surface area (Å²) in [4.78, 5) is 49.8. The van der Waals surface area contributed by atoms with Crippen LogP contribution in [-0.2, 0) is 11.2 Å². The Morgan fingerprint density at radius 1 is 1.00 bits per heavy atom. The van der Waals surface area contributed by atoms with Gasteiger partial charge in [0.2, 0.25) is 5.91 Å². The fourth-order valence-electron chi connectivity index (χ4n) is 5.26. The molecule has 3 amide bonds. The number of ether oxygens (including phenoxy) is 1. The Kier molecular flexibility index (Phi) is 8.49. The Labute approximate surface area is 233 Å². The minimum atomic E-state index is -0.695. The molecule has 3 aromatic rings. The predicted molar refractivity (Wildman–Crippen MR) is 150 cm³/mol. The highest BCUT2D eigenvalue weighted by atomic mass is 16.5. The summed E-state index contributed by atoms with van der Waals surface area (Å²) >= 11 is 0. The van der Waals surface area contributed by atoms with Crippen LogP contribution in [-0.4, -0.2) is 64.9 Å². The van der Waals surface area contributed by atoms with Gasteiger partial charge in [0, 0.05) is 25.8 Å². The number of hydrogen-bond donors (Lipinski definition) is 2. The molecule has 2 N–H and O–H groups in total. The summed E-state index contributed by atoms with van der Waals surface area (Å²) in [5.74, 6) is 0.0254. The minimum Gasteiger partial charge on any atom is -0.489 e. The quantitative estimate of drug-likeness (QED) is 0.495. The van der Waals surface area contributed by atoms with Crippen LogP contribution in [0.1, 0.15) is 45.7 Å². The largest absolute Gasteiger partial charge is 0.489 e. The van der Waals surface area contributed by atoms with Crippen LogP contribution in [0, 0.1) is 5.41 Å². The average Bonchev–Trinajstić information content (AvgIpc) is 3.00. The molecule has 1 spiro atoms. The fraction of sp³-hybridized carbons (Fsp3) is 0.323. The maximum absolute atomic E-state index is 14.0. The predicted octanol–water partition coefficient (Wildman–Crippen LogP) is 3.20. The van der Waals surface area contributed by atoms with E-state index >= 15 is 0 Å². The summed E-state index contributed by atoms with van der Waals surface area (Å²) in [6, 6.07) is 18.3. The molecule has 2 aliphatic heterocycles. The van der Waals surface area contributed by atoms with Gasteiger partial charge in [0.05, 0.1) is 17.0 Å². The lowest BCUT2D eigenvalue weighted by Crippen LogP contribution is -2.54. The van der Waals surface area contributed by atoms with E-state index in [9.17, 15) is 14.4 Å². The van der Waals surface area contributed by atoms with Crippen molar-refractivity contribution in [1.82, 2.24) is 25.5 Å². The fourth-order valence-corrected chi connectivity index (χ4v) is 5.26. The topological polar surface area (TPSA) is 114 Å². The summed E-state index contributed by atoms with van der Waals surface area (Å²) < 4.78 is 5.91. The van der Waals surface area contributed by atoms with Gasteiger partial charge >= 0.3 is 0 Å². The lowest BCUT2D eigenvalue weighted by molar-refractivity contribution is -0.134. The smallest absolute Gasteiger partial charge is 0.272 e. The third kappa shape index (κ3) is 6.36. The van der Waals surface area contributed by atoms with Gasteiger partial charge in [0.15, 0.2) is 0 Å². The van der Waals surface area contributed by atoms with Crippen LogP contribution in [0.5, 0.6) is 5.75 Å². The van der Waals surface area contributed by atoms with Crippen LogP contribution in [0.3, 0.4) is 0 Å². The van der Waals surface area contributed by atoms with Gasteiger partial charge in [-0.25, -0.2) is 9.97 Å². The van der Waals surface area contributed by atoms with E-state index in [4.69, 9.17) is 4.74 Å². The van der Waals surface area contributed by atoms with Crippen LogP contribution in [0.15, 0.2) is 85.3 Å². The van der Waals surface area contributed by atoms with E-state index in [0.29, 0.717) is 55.8 Å². The van der Waals surface area contributed by atoms with Gasteiger partial charge in [0.1, 0.15) is 24.4 Å². The van der Waals surface area contributed by atoms with Crippen molar-refractivity contribution in [3.05, 3.63) is 102 Å². The monoisotopic (exact) mass is 539 g/mol. The molecule has 206 valence electrons. The number of para-hydroxylation sites is 1. The minimum absolute atomic E-state index is 0.0696. The SMILES string of the molecule is O=C1NC[C@@H](Cc2ccccc2)NC(=O)C2(C/C=C/COc3ccccc31)CCN(C(=O)c1ccncn1)CC2. The highest BCUT2D eigenvalue weighted by Gasteiger charge is 2.42. The number of rotatable bonds is 3.